The van der Waals surface area contributed by atoms with E-state index in [4.69, 9.17) is 0 Å². The summed E-state index contributed by atoms with van der Waals surface area (Å²) in [6, 6.07) is 15.4. The highest BCUT2D eigenvalue weighted by Gasteiger charge is 2.15. The Morgan fingerprint density at radius 1 is 1.21 bits per heavy atom. The van der Waals surface area contributed by atoms with E-state index in [9.17, 15) is 4.79 Å². The molecule has 1 atom stereocenters. The van der Waals surface area contributed by atoms with Crippen LogP contribution in [0.4, 0.5) is 5.69 Å². The van der Waals surface area contributed by atoms with Crippen LogP contribution in [0.1, 0.15) is 35.2 Å². The van der Waals surface area contributed by atoms with E-state index in [0.717, 1.165) is 42.1 Å². The van der Waals surface area contributed by atoms with Gasteiger partial charge in [-0.1, -0.05) is 42.0 Å². The van der Waals surface area contributed by atoms with Gasteiger partial charge in [0.05, 0.1) is 6.20 Å². The highest BCUT2D eigenvalue weighted by Crippen LogP contribution is 2.22. The van der Waals surface area contributed by atoms with Gasteiger partial charge in [-0.2, -0.15) is 0 Å². The predicted octanol–water partition coefficient (Wildman–Crippen LogP) is 3.90. The number of amides is 1. The molecule has 1 amide bonds. The van der Waals surface area contributed by atoms with E-state index in [-0.39, 0.29) is 5.91 Å². The van der Waals surface area contributed by atoms with Crippen molar-refractivity contribution in [3.8, 4) is 11.3 Å². The zero-order valence-electron chi connectivity index (χ0n) is 16.8. The molecule has 2 N–H and O–H groups in total. The van der Waals surface area contributed by atoms with Crippen molar-refractivity contribution in [3.63, 3.8) is 0 Å². The SMILES string of the molecule is Cc1ccc(-c2cn(CC3CCCCNC3)nn2)cc1C(=O)Nc1ccccc1. The van der Waals surface area contributed by atoms with Crippen LogP contribution in [0.2, 0.25) is 0 Å². The van der Waals surface area contributed by atoms with Crippen molar-refractivity contribution in [1.29, 1.82) is 0 Å². The first kappa shape index (κ1) is 19.3. The van der Waals surface area contributed by atoms with Crippen molar-refractivity contribution in [2.45, 2.75) is 32.7 Å². The number of carbonyl (C=O) groups is 1. The van der Waals surface area contributed by atoms with E-state index in [1.807, 2.05) is 66.3 Å². The van der Waals surface area contributed by atoms with Crippen LogP contribution in [0.25, 0.3) is 11.3 Å². The van der Waals surface area contributed by atoms with Crippen LogP contribution in [0, 0.1) is 12.8 Å². The molecule has 4 rings (SSSR count). The van der Waals surface area contributed by atoms with E-state index < -0.39 is 0 Å². The first-order valence-electron chi connectivity index (χ1n) is 10.3. The molecule has 29 heavy (non-hydrogen) atoms. The standard InChI is InChI=1S/C23H27N5O/c1-17-10-11-19(13-21(17)23(29)25-20-8-3-2-4-9-20)22-16-28(27-26-22)15-18-7-5-6-12-24-14-18/h2-4,8-11,13,16,18,24H,5-7,12,14-15H2,1H3,(H,25,29). The minimum absolute atomic E-state index is 0.118. The number of rotatable bonds is 5. The third-order valence-electron chi connectivity index (χ3n) is 5.44. The summed E-state index contributed by atoms with van der Waals surface area (Å²) in [6.45, 7) is 4.95. The molecule has 1 fully saturated rings. The molecule has 1 aliphatic rings. The molecule has 1 aromatic heterocycles. The van der Waals surface area contributed by atoms with Crippen LogP contribution in [0.5, 0.6) is 0 Å². The van der Waals surface area contributed by atoms with Crippen molar-refractivity contribution in [1.82, 2.24) is 20.3 Å². The number of benzene rings is 2. The maximum absolute atomic E-state index is 12.8. The molecule has 150 valence electrons. The summed E-state index contributed by atoms with van der Waals surface area (Å²) < 4.78 is 1.93. The molecule has 1 saturated heterocycles. The van der Waals surface area contributed by atoms with E-state index in [0.29, 0.717) is 11.5 Å². The molecule has 1 aliphatic heterocycles. The molecule has 0 radical (unpaired) electrons. The molecule has 0 aliphatic carbocycles. The van der Waals surface area contributed by atoms with Crippen molar-refractivity contribution in [2.24, 2.45) is 5.92 Å². The first-order valence-corrected chi connectivity index (χ1v) is 10.3. The Hall–Kier alpha value is -2.99. The van der Waals surface area contributed by atoms with Gasteiger partial charge in [-0.3, -0.25) is 9.48 Å². The zero-order chi connectivity index (χ0) is 20.1. The van der Waals surface area contributed by atoms with Gasteiger partial charge in [0.2, 0.25) is 0 Å². The number of para-hydroxylation sites is 1. The van der Waals surface area contributed by atoms with Crippen LogP contribution < -0.4 is 10.6 Å². The Bertz CT molecular complexity index is 958. The summed E-state index contributed by atoms with van der Waals surface area (Å²) in [5.41, 5.74) is 4.05. The van der Waals surface area contributed by atoms with Crippen molar-refractivity contribution in [3.05, 3.63) is 65.9 Å². The Morgan fingerprint density at radius 2 is 2.07 bits per heavy atom. The lowest BCUT2D eigenvalue weighted by molar-refractivity contribution is 0.102. The van der Waals surface area contributed by atoms with E-state index in [2.05, 4.69) is 20.9 Å². The maximum atomic E-state index is 12.8. The number of hydrogen-bond donors (Lipinski definition) is 2. The lowest BCUT2D eigenvalue weighted by Crippen LogP contribution is -2.24. The Labute approximate surface area is 171 Å². The fourth-order valence-corrected chi connectivity index (χ4v) is 3.78. The predicted molar refractivity (Wildman–Crippen MR) is 115 cm³/mol. The molecule has 6 heteroatoms. The van der Waals surface area contributed by atoms with E-state index in [1.165, 1.54) is 19.3 Å². The fraction of sp³-hybridized carbons (Fsp3) is 0.348. The average molecular weight is 390 g/mol. The number of aryl methyl sites for hydroxylation is 1. The monoisotopic (exact) mass is 389 g/mol. The summed E-state index contributed by atoms with van der Waals surface area (Å²) in [6.07, 6.45) is 5.71. The highest BCUT2D eigenvalue weighted by molar-refractivity contribution is 6.05. The normalized spacial score (nSPS) is 16.9. The fourth-order valence-electron chi connectivity index (χ4n) is 3.78. The van der Waals surface area contributed by atoms with Gasteiger partial charge in [-0.15, -0.1) is 5.10 Å². The summed E-state index contributed by atoms with van der Waals surface area (Å²) in [4.78, 5) is 12.8. The van der Waals surface area contributed by atoms with Crippen LogP contribution in [0.15, 0.2) is 54.7 Å². The van der Waals surface area contributed by atoms with E-state index >= 15 is 0 Å². The minimum atomic E-state index is -0.118. The molecule has 1 unspecified atom stereocenters. The van der Waals surface area contributed by atoms with Crippen LogP contribution >= 0.6 is 0 Å². The maximum Gasteiger partial charge on any atom is 0.255 e. The third-order valence-corrected chi connectivity index (χ3v) is 5.44. The molecule has 6 nitrogen and oxygen atoms in total. The van der Waals surface area contributed by atoms with Crippen molar-refractivity contribution >= 4 is 11.6 Å². The van der Waals surface area contributed by atoms with Gasteiger partial charge < -0.3 is 10.6 Å². The minimum Gasteiger partial charge on any atom is -0.322 e. The average Bonchev–Trinajstić information content (AvgIpc) is 3.04. The van der Waals surface area contributed by atoms with Gasteiger partial charge in [-0.25, -0.2) is 0 Å². The molecule has 3 aromatic rings. The summed E-state index contributed by atoms with van der Waals surface area (Å²) in [7, 11) is 0. The first-order chi connectivity index (χ1) is 14.2. The highest BCUT2D eigenvalue weighted by atomic mass is 16.1. The summed E-state index contributed by atoms with van der Waals surface area (Å²) in [5.74, 6) is 0.463. The van der Waals surface area contributed by atoms with Gasteiger partial charge in [0, 0.05) is 23.4 Å². The van der Waals surface area contributed by atoms with Gasteiger partial charge in [0.15, 0.2) is 0 Å². The number of aromatic nitrogens is 3. The molecule has 0 saturated carbocycles. The summed E-state index contributed by atoms with van der Waals surface area (Å²) in [5, 5.41) is 15.1. The molecular formula is C23H27N5O. The number of nitrogens with zero attached hydrogens (tertiary/aromatic N) is 3. The second-order valence-corrected chi connectivity index (χ2v) is 7.74. The van der Waals surface area contributed by atoms with Gasteiger partial charge in [0.1, 0.15) is 5.69 Å². The number of hydrogen-bond acceptors (Lipinski definition) is 4. The lowest BCUT2D eigenvalue weighted by atomic mass is 10.0. The Kier molecular flexibility index (Phi) is 6.00. The van der Waals surface area contributed by atoms with E-state index in [1.54, 1.807) is 0 Å². The summed E-state index contributed by atoms with van der Waals surface area (Å²) >= 11 is 0. The molecule has 2 aromatic carbocycles. The second-order valence-electron chi connectivity index (χ2n) is 7.74. The number of nitrogens with one attached hydrogen (secondary N) is 2. The molecule has 2 heterocycles. The van der Waals surface area contributed by atoms with Crippen LogP contribution in [-0.2, 0) is 6.54 Å². The van der Waals surface area contributed by atoms with Crippen LogP contribution in [0.3, 0.4) is 0 Å². The molecular weight excluding hydrogens is 362 g/mol. The Balaban J connectivity index is 1.50. The van der Waals surface area contributed by atoms with Crippen molar-refractivity contribution < 1.29 is 4.79 Å². The van der Waals surface area contributed by atoms with Gasteiger partial charge in [-0.05, 0) is 62.5 Å². The van der Waals surface area contributed by atoms with Gasteiger partial charge >= 0.3 is 0 Å². The van der Waals surface area contributed by atoms with Crippen molar-refractivity contribution in [2.75, 3.05) is 18.4 Å². The lowest BCUT2D eigenvalue weighted by Gasteiger charge is -2.13. The van der Waals surface area contributed by atoms with Crippen LogP contribution in [-0.4, -0.2) is 34.0 Å². The largest absolute Gasteiger partial charge is 0.322 e. The zero-order valence-corrected chi connectivity index (χ0v) is 16.8. The second kappa shape index (κ2) is 9.01. The molecule has 0 bridgehead atoms. The van der Waals surface area contributed by atoms with Gasteiger partial charge in [0.25, 0.3) is 5.91 Å². The smallest absolute Gasteiger partial charge is 0.255 e. The quantitative estimate of drug-likeness (QED) is 0.694. The topological polar surface area (TPSA) is 71.8 Å². The third kappa shape index (κ3) is 4.90. The number of carbonyl (C=O) groups excluding carboxylic acids is 1. The Morgan fingerprint density at radius 3 is 2.93 bits per heavy atom. The number of anilines is 1. The molecule has 0 spiro atoms.